The van der Waals surface area contributed by atoms with Gasteiger partial charge in [-0.15, -0.1) is 0 Å². The fourth-order valence-corrected chi connectivity index (χ4v) is 13.2. The molecule has 0 N–H and O–H groups in total. The average Bonchev–Trinajstić information content (AvgIpc) is 3.73. The van der Waals surface area contributed by atoms with E-state index < -0.39 is 0 Å². The monoisotopic (exact) mass is 770 g/mol. The van der Waals surface area contributed by atoms with Crippen LogP contribution in [0.25, 0.3) is 49.3 Å². The normalized spacial score (nSPS) is 22.8. The zero-order chi connectivity index (χ0) is 39.7. The van der Waals surface area contributed by atoms with Crippen LogP contribution in [0, 0.1) is 17.8 Å². The second-order valence-corrected chi connectivity index (χ2v) is 21.2. The minimum Gasteiger partial charge on any atom is -0.458 e. The molecule has 0 unspecified atom stereocenters. The summed E-state index contributed by atoms with van der Waals surface area (Å²) in [4.78, 5) is 0. The summed E-state index contributed by atoms with van der Waals surface area (Å²) in [5.41, 5.74) is 12.7. The van der Waals surface area contributed by atoms with E-state index in [-0.39, 0.29) is 23.1 Å². The lowest BCUT2D eigenvalue weighted by atomic mass is 9.34. The van der Waals surface area contributed by atoms with Gasteiger partial charge in [-0.1, -0.05) is 114 Å². The Morgan fingerprint density at radius 3 is 1.56 bits per heavy atom. The van der Waals surface area contributed by atoms with Crippen molar-refractivity contribution in [3.8, 4) is 28.7 Å². The molecular formula is C54H51BN2O2. The molecule has 0 atom stereocenters. The maximum absolute atomic E-state index is 7.09. The van der Waals surface area contributed by atoms with Gasteiger partial charge in [0, 0.05) is 50.2 Å². The zero-order valence-corrected chi connectivity index (χ0v) is 35.2. The van der Waals surface area contributed by atoms with Gasteiger partial charge in [-0.25, -0.2) is 0 Å². The molecule has 4 nitrogen and oxygen atoms in total. The van der Waals surface area contributed by atoms with Gasteiger partial charge in [0.15, 0.2) is 0 Å². The molecular weight excluding hydrogens is 719 g/mol. The van der Waals surface area contributed by atoms with E-state index in [4.69, 9.17) is 9.47 Å². The topological polar surface area (TPSA) is 28.3 Å². The van der Waals surface area contributed by atoms with E-state index in [2.05, 4.69) is 160 Å². The van der Waals surface area contributed by atoms with Crippen LogP contribution in [-0.4, -0.2) is 15.8 Å². The van der Waals surface area contributed by atoms with Crippen molar-refractivity contribution in [1.82, 2.24) is 9.13 Å². The van der Waals surface area contributed by atoms with Crippen LogP contribution in [0.5, 0.6) is 23.0 Å². The lowest BCUT2D eigenvalue weighted by Gasteiger charge is -2.57. The highest BCUT2D eigenvalue weighted by atomic mass is 16.5. The predicted molar refractivity (Wildman–Crippen MR) is 245 cm³/mol. The molecule has 4 saturated carbocycles. The summed E-state index contributed by atoms with van der Waals surface area (Å²) in [6, 6.07) is 41.5. The van der Waals surface area contributed by atoms with Crippen molar-refractivity contribution in [3.05, 3.63) is 120 Å². The molecule has 4 aliphatic carbocycles. The van der Waals surface area contributed by atoms with Crippen LogP contribution in [-0.2, 0) is 16.4 Å². The van der Waals surface area contributed by atoms with E-state index in [1.165, 1.54) is 104 Å². The maximum atomic E-state index is 7.09. The first-order valence-corrected chi connectivity index (χ1v) is 22.2. The number of hydrogen-bond donors (Lipinski definition) is 0. The van der Waals surface area contributed by atoms with Gasteiger partial charge in [-0.3, -0.25) is 0 Å². The first-order valence-electron chi connectivity index (χ1n) is 22.2. The molecule has 8 aromatic rings. The molecule has 292 valence electrons. The third-order valence-electron chi connectivity index (χ3n) is 15.4. The van der Waals surface area contributed by atoms with Crippen LogP contribution in [0.4, 0.5) is 0 Å². The summed E-state index contributed by atoms with van der Waals surface area (Å²) in [7, 11) is 0. The van der Waals surface area contributed by atoms with Crippen LogP contribution < -0.4 is 25.9 Å². The van der Waals surface area contributed by atoms with Crippen LogP contribution in [0.2, 0.25) is 0 Å². The highest BCUT2D eigenvalue weighted by molar-refractivity contribution is 6.98. The lowest BCUT2D eigenvalue weighted by Crippen LogP contribution is -2.57. The summed E-state index contributed by atoms with van der Waals surface area (Å²) in [6.07, 6.45) is 8.15. The van der Waals surface area contributed by atoms with Crippen LogP contribution in [0.1, 0.15) is 91.2 Å². The summed E-state index contributed by atoms with van der Waals surface area (Å²) in [5.74, 6) is 6.13. The molecule has 0 amide bonds. The Morgan fingerprint density at radius 2 is 1.02 bits per heavy atom. The van der Waals surface area contributed by atoms with Gasteiger partial charge >= 0.3 is 0 Å². The average molecular weight is 771 g/mol. The van der Waals surface area contributed by atoms with Crippen molar-refractivity contribution in [2.45, 2.75) is 96.4 Å². The maximum Gasteiger partial charge on any atom is 0.260 e. The van der Waals surface area contributed by atoms with E-state index in [1.54, 1.807) is 0 Å². The summed E-state index contributed by atoms with van der Waals surface area (Å²) in [6.45, 7) is 13.8. The van der Waals surface area contributed by atoms with Gasteiger partial charge in [0.2, 0.25) is 0 Å². The molecule has 0 spiro atoms. The SMILES string of the molecule is CC(C)(C)c1ccc2c(c1)B1c3cc(C(C)(C)C)ccc3Oc3cc(-n4c5ccccc5c5ccc6c7ccccc7n(C78CC9CC(CC(C9)C7)C8)c6c54)cc(c31)O2. The molecule has 4 bridgehead atoms. The van der Waals surface area contributed by atoms with E-state index in [1.807, 2.05) is 0 Å². The molecule has 4 fully saturated rings. The second kappa shape index (κ2) is 11.4. The van der Waals surface area contributed by atoms with Crippen LogP contribution >= 0.6 is 0 Å². The molecule has 59 heavy (non-hydrogen) atoms. The molecule has 2 aromatic heterocycles. The third-order valence-corrected chi connectivity index (χ3v) is 15.4. The van der Waals surface area contributed by atoms with Crippen LogP contribution in [0.3, 0.4) is 0 Å². The Hall–Kier alpha value is -5.42. The van der Waals surface area contributed by atoms with E-state index in [9.17, 15) is 0 Å². The minimum atomic E-state index is -0.00498. The van der Waals surface area contributed by atoms with Crippen molar-refractivity contribution in [2.75, 3.05) is 0 Å². The van der Waals surface area contributed by atoms with Crippen molar-refractivity contribution in [1.29, 1.82) is 0 Å². The first-order chi connectivity index (χ1) is 28.4. The van der Waals surface area contributed by atoms with Gasteiger partial charge in [0.05, 0.1) is 22.2 Å². The largest absolute Gasteiger partial charge is 0.458 e. The van der Waals surface area contributed by atoms with Crippen LogP contribution in [0.15, 0.2) is 109 Å². The van der Waals surface area contributed by atoms with Crippen molar-refractivity contribution < 1.29 is 9.47 Å². The minimum absolute atomic E-state index is 0.00373. The molecule has 0 saturated heterocycles. The fourth-order valence-electron chi connectivity index (χ4n) is 13.2. The van der Waals surface area contributed by atoms with E-state index in [0.717, 1.165) is 51.9 Å². The number of benzene rings is 6. The predicted octanol–water partition coefficient (Wildman–Crippen LogP) is 12.1. The number of fused-ring (bicyclic) bond motifs is 11. The molecule has 6 aromatic carbocycles. The summed E-state index contributed by atoms with van der Waals surface area (Å²) in [5, 5.41) is 5.29. The van der Waals surface area contributed by atoms with E-state index in [0.29, 0.717) is 0 Å². The standard InChI is InChI=1S/C54H51BN2O2/c1-52(2,3)34-15-19-45-41(24-34)55-42-25-35(53(4,5)6)16-20-46(42)59-48-27-36(26-47(58-45)49(48)55)56-43-13-9-7-11-37(43)39-17-18-40-38-12-8-10-14-44(38)57(51(40)50(39)56)54-28-31-21-32(29-54)23-33(22-31)30-54/h7-20,24-27,31-33H,21-23,28-30H2,1-6H3. The number of para-hydroxylation sites is 2. The molecule has 0 radical (unpaired) electrons. The van der Waals surface area contributed by atoms with Gasteiger partial charge in [0.25, 0.3) is 6.71 Å². The highest BCUT2D eigenvalue weighted by Gasteiger charge is 2.53. The number of hydrogen-bond acceptors (Lipinski definition) is 2. The number of rotatable bonds is 2. The van der Waals surface area contributed by atoms with E-state index >= 15 is 0 Å². The number of aromatic nitrogens is 2. The smallest absolute Gasteiger partial charge is 0.260 e. The van der Waals surface area contributed by atoms with Gasteiger partial charge in [0.1, 0.15) is 23.0 Å². The second-order valence-electron chi connectivity index (χ2n) is 21.2. The zero-order valence-electron chi connectivity index (χ0n) is 35.2. The van der Waals surface area contributed by atoms with Gasteiger partial charge < -0.3 is 18.6 Å². The Kier molecular flexibility index (Phi) is 6.68. The van der Waals surface area contributed by atoms with Crippen molar-refractivity contribution >= 4 is 66.7 Å². The Labute approximate surface area is 347 Å². The number of nitrogens with zero attached hydrogens (tertiary/aromatic N) is 2. The summed E-state index contributed by atoms with van der Waals surface area (Å²) >= 11 is 0. The van der Waals surface area contributed by atoms with Gasteiger partial charge in [-0.05, 0) is 113 Å². The Morgan fingerprint density at radius 1 is 0.525 bits per heavy atom. The molecule has 5 heteroatoms. The Bertz CT molecular complexity index is 3010. The van der Waals surface area contributed by atoms with Gasteiger partial charge in [-0.2, -0.15) is 0 Å². The van der Waals surface area contributed by atoms with Crippen molar-refractivity contribution in [3.63, 3.8) is 0 Å². The molecule has 6 aliphatic rings. The number of ether oxygens (including phenoxy) is 2. The third kappa shape index (κ3) is 4.73. The quantitative estimate of drug-likeness (QED) is 0.164. The summed E-state index contributed by atoms with van der Waals surface area (Å²) < 4.78 is 19.6. The molecule has 2 aliphatic heterocycles. The highest BCUT2D eigenvalue weighted by Crippen LogP contribution is 2.61. The lowest BCUT2D eigenvalue weighted by molar-refractivity contribution is -0.0386. The molecule has 14 rings (SSSR count). The Balaban J connectivity index is 1.11. The molecule has 4 heterocycles. The van der Waals surface area contributed by atoms with Crippen molar-refractivity contribution in [2.24, 2.45) is 17.8 Å². The fraction of sp³-hybridized carbons (Fsp3) is 0.333. The first kappa shape index (κ1) is 34.4.